The van der Waals surface area contributed by atoms with Crippen LogP contribution in [0.3, 0.4) is 0 Å². The van der Waals surface area contributed by atoms with Crippen molar-refractivity contribution in [1.29, 1.82) is 0 Å². The lowest BCUT2D eigenvalue weighted by molar-refractivity contribution is -0.144. The number of fused-ring (bicyclic) bond motifs is 1. The molecule has 48 heavy (non-hydrogen) atoms. The number of likely N-dealkylation sites (tertiary alicyclic amines) is 2. The van der Waals surface area contributed by atoms with Crippen LogP contribution in [0.15, 0.2) is 94.5 Å². The topological polar surface area (TPSA) is 122 Å². The molecule has 3 aromatic rings. The number of hydrogen-bond acceptors (Lipinski definition) is 7. The van der Waals surface area contributed by atoms with E-state index in [1.54, 1.807) is 12.1 Å². The van der Waals surface area contributed by atoms with Crippen molar-refractivity contribution < 1.29 is 30.0 Å². The number of aliphatic hydroxyl groups is 3. The Morgan fingerprint density at radius 3 is 2.29 bits per heavy atom. The molecule has 6 rings (SSSR count). The zero-order valence-electron chi connectivity index (χ0n) is 26.9. The van der Waals surface area contributed by atoms with Crippen molar-refractivity contribution in [2.75, 3.05) is 26.3 Å². The van der Waals surface area contributed by atoms with Gasteiger partial charge in [0.15, 0.2) is 0 Å². The zero-order valence-corrected chi connectivity index (χ0v) is 28.5. The highest BCUT2D eigenvalue weighted by Gasteiger charge is 2.56. The molecular formula is C39H43BrN2O6. The van der Waals surface area contributed by atoms with E-state index in [-0.39, 0.29) is 43.1 Å². The molecule has 0 aromatic heterocycles. The van der Waals surface area contributed by atoms with Gasteiger partial charge in [0.05, 0.1) is 31.2 Å². The minimum absolute atomic E-state index is 0.131. The summed E-state index contributed by atoms with van der Waals surface area (Å²) in [4.78, 5) is 31.7. The van der Waals surface area contributed by atoms with Crippen molar-refractivity contribution in [3.63, 3.8) is 0 Å². The van der Waals surface area contributed by atoms with Gasteiger partial charge in [0.25, 0.3) is 0 Å². The van der Waals surface area contributed by atoms with Gasteiger partial charge in [0.2, 0.25) is 11.8 Å². The highest BCUT2D eigenvalue weighted by molar-refractivity contribution is 9.10. The number of carbonyl (C=O) groups is 2. The molecule has 3 aliphatic rings. The number of rotatable bonds is 11. The van der Waals surface area contributed by atoms with Gasteiger partial charge in [-0.25, -0.2) is 0 Å². The summed E-state index contributed by atoms with van der Waals surface area (Å²) in [5, 5.41) is 43.4. The molecule has 4 N–H and O–H groups in total. The fraction of sp³-hybridized carbons (Fsp3) is 0.385. The first-order valence-corrected chi connectivity index (χ1v) is 17.6. The molecule has 9 heteroatoms. The van der Waals surface area contributed by atoms with Crippen LogP contribution in [0.1, 0.15) is 48.8 Å². The van der Waals surface area contributed by atoms with Crippen molar-refractivity contribution in [3.8, 4) is 5.75 Å². The molecule has 2 amide bonds. The Labute approximate surface area is 290 Å². The van der Waals surface area contributed by atoms with Gasteiger partial charge in [-0.15, -0.1) is 0 Å². The maximum atomic E-state index is 14.0. The molecule has 0 bridgehead atoms. The average Bonchev–Trinajstić information content (AvgIpc) is 3.36. The third kappa shape index (κ3) is 7.21. The van der Waals surface area contributed by atoms with E-state index in [0.717, 1.165) is 35.2 Å². The number of aliphatic hydroxyl groups excluding tert-OH is 3. The van der Waals surface area contributed by atoms with Crippen LogP contribution in [0.2, 0.25) is 0 Å². The second-order valence-electron chi connectivity index (χ2n) is 13.2. The normalized spacial score (nSPS) is 23.1. The molecule has 4 atom stereocenters. The van der Waals surface area contributed by atoms with Crippen LogP contribution in [-0.2, 0) is 16.1 Å². The van der Waals surface area contributed by atoms with Crippen LogP contribution in [0, 0.1) is 17.8 Å². The molecule has 0 radical (unpaired) electrons. The van der Waals surface area contributed by atoms with Gasteiger partial charge in [0, 0.05) is 41.6 Å². The SMILES string of the molecule is O=C1[C@@H]2[C@@H](CC(CO)=C([C@H](O)CC/C(=C/c3cc(Br)ccc3O)c3ccccc3)[C@@H]2CO)C(=O)N1C1CCN(Cc2ccccc2)CC1. The number of benzene rings is 3. The van der Waals surface area contributed by atoms with Gasteiger partial charge >= 0.3 is 0 Å². The third-order valence-corrected chi connectivity index (χ3v) is 10.8. The summed E-state index contributed by atoms with van der Waals surface area (Å²) in [5.74, 6) is -2.57. The van der Waals surface area contributed by atoms with E-state index in [4.69, 9.17) is 0 Å². The number of imide groups is 1. The van der Waals surface area contributed by atoms with Crippen LogP contribution < -0.4 is 0 Å². The maximum absolute atomic E-state index is 14.0. The number of carbonyl (C=O) groups excluding carboxylic acids is 2. The summed E-state index contributed by atoms with van der Waals surface area (Å²) in [6.45, 7) is 1.60. The van der Waals surface area contributed by atoms with Crippen molar-refractivity contribution in [3.05, 3.63) is 111 Å². The maximum Gasteiger partial charge on any atom is 0.234 e. The molecule has 2 saturated heterocycles. The molecule has 0 unspecified atom stereocenters. The number of piperidine rings is 1. The number of nitrogens with zero attached hydrogens (tertiary/aromatic N) is 2. The van der Waals surface area contributed by atoms with Crippen molar-refractivity contribution in [1.82, 2.24) is 9.80 Å². The van der Waals surface area contributed by atoms with E-state index in [1.165, 1.54) is 10.5 Å². The number of aromatic hydroxyl groups is 1. The molecule has 0 saturated carbocycles. The van der Waals surface area contributed by atoms with Gasteiger partial charge in [-0.3, -0.25) is 19.4 Å². The lowest BCUT2D eigenvalue weighted by Gasteiger charge is -2.36. The van der Waals surface area contributed by atoms with E-state index >= 15 is 0 Å². The molecule has 252 valence electrons. The standard InChI is InChI=1S/C39H43BrN2O6/c40-30-12-14-34(45)28(20-30)19-27(26-9-5-2-6-10-26)11-13-35(46)36-29(23-43)21-32-37(33(36)24-44)39(48)42(38(32)47)31-15-17-41(18-16-31)22-25-7-3-1-4-8-25/h1-10,12,14,19-20,31-33,35,37,43-46H,11,13,15-18,21-24H2/b27-19-/t32-,33+,35-,37-/m1/s1. The Hall–Kier alpha value is -3.60. The average molecular weight is 716 g/mol. The molecular weight excluding hydrogens is 672 g/mol. The summed E-state index contributed by atoms with van der Waals surface area (Å²) in [6.07, 6.45) is 3.08. The predicted molar refractivity (Wildman–Crippen MR) is 188 cm³/mol. The zero-order chi connectivity index (χ0) is 33.8. The van der Waals surface area contributed by atoms with E-state index in [0.29, 0.717) is 36.0 Å². The van der Waals surface area contributed by atoms with E-state index in [9.17, 15) is 30.0 Å². The highest BCUT2D eigenvalue weighted by Crippen LogP contribution is 2.47. The first-order valence-electron chi connectivity index (χ1n) is 16.8. The smallest absolute Gasteiger partial charge is 0.234 e. The molecule has 2 aliphatic heterocycles. The molecule has 2 heterocycles. The lowest BCUT2D eigenvalue weighted by atomic mass is 9.68. The Bertz CT molecular complexity index is 1670. The minimum Gasteiger partial charge on any atom is -0.507 e. The summed E-state index contributed by atoms with van der Waals surface area (Å²) < 4.78 is 0.821. The van der Waals surface area contributed by atoms with E-state index < -0.39 is 30.5 Å². The first kappa shape index (κ1) is 34.3. The third-order valence-electron chi connectivity index (χ3n) is 10.3. The van der Waals surface area contributed by atoms with Gasteiger partial charge in [0.1, 0.15) is 5.75 Å². The number of hydrogen-bond donors (Lipinski definition) is 4. The fourth-order valence-corrected chi connectivity index (χ4v) is 8.27. The predicted octanol–water partition coefficient (Wildman–Crippen LogP) is 5.40. The van der Waals surface area contributed by atoms with Crippen LogP contribution in [-0.4, -0.2) is 80.5 Å². The van der Waals surface area contributed by atoms with Crippen molar-refractivity contribution in [2.24, 2.45) is 17.8 Å². The number of allylic oxidation sites excluding steroid dienone is 1. The van der Waals surface area contributed by atoms with E-state index in [2.05, 4.69) is 33.0 Å². The molecule has 2 fully saturated rings. The molecule has 0 spiro atoms. The largest absolute Gasteiger partial charge is 0.507 e. The lowest BCUT2D eigenvalue weighted by Crippen LogP contribution is -2.47. The molecule has 1 aliphatic carbocycles. The summed E-state index contributed by atoms with van der Waals surface area (Å²) in [5.41, 5.74) is 4.68. The molecule has 3 aromatic carbocycles. The van der Waals surface area contributed by atoms with Crippen LogP contribution >= 0.6 is 15.9 Å². The number of phenolic OH excluding ortho intramolecular Hbond substituents is 1. The number of phenols is 1. The second kappa shape index (κ2) is 15.3. The van der Waals surface area contributed by atoms with E-state index in [1.807, 2.05) is 60.7 Å². The summed E-state index contributed by atoms with van der Waals surface area (Å²) in [7, 11) is 0. The summed E-state index contributed by atoms with van der Waals surface area (Å²) in [6, 6.07) is 25.0. The fourth-order valence-electron chi connectivity index (χ4n) is 7.90. The summed E-state index contributed by atoms with van der Waals surface area (Å²) >= 11 is 3.47. The number of amides is 2. The number of halogens is 1. The van der Waals surface area contributed by atoms with Crippen LogP contribution in [0.4, 0.5) is 0 Å². The Balaban J connectivity index is 1.19. The van der Waals surface area contributed by atoms with Crippen LogP contribution in [0.5, 0.6) is 5.75 Å². The van der Waals surface area contributed by atoms with Crippen molar-refractivity contribution >= 4 is 39.4 Å². The highest BCUT2D eigenvalue weighted by atomic mass is 79.9. The molecule has 8 nitrogen and oxygen atoms in total. The Morgan fingerprint density at radius 2 is 1.62 bits per heavy atom. The first-order chi connectivity index (χ1) is 23.3. The van der Waals surface area contributed by atoms with Gasteiger partial charge in [-0.05, 0) is 84.2 Å². The quantitative estimate of drug-likeness (QED) is 0.119. The van der Waals surface area contributed by atoms with Gasteiger partial charge in [-0.1, -0.05) is 76.6 Å². The van der Waals surface area contributed by atoms with Gasteiger partial charge < -0.3 is 20.4 Å². The monoisotopic (exact) mass is 714 g/mol. The Kier molecular flexibility index (Phi) is 10.9. The van der Waals surface area contributed by atoms with Crippen molar-refractivity contribution in [2.45, 2.75) is 50.8 Å². The Morgan fingerprint density at radius 1 is 0.938 bits per heavy atom. The second-order valence-corrected chi connectivity index (χ2v) is 14.1. The van der Waals surface area contributed by atoms with Crippen LogP contribution in [0.25, 0.3) is 11.6 Å². The minimum atomic E-state index is -1.05. The van der Waals surface area contributed by atoms with Gasteiger partial charge in [-0.2, -0.15) is 0 Å².